The van der Waals surface area contributed by atoms with E-state index in [0.29, 0.717) is 13.2 Å². The maximum absolute atomic E-state index is 12.8. The molecule has 1 N–H and O–H groups in total. The van der Waals surface area contributed by atoms with Crippen molar-refractivity contribution >= 4 is 16.3 Å². The third-order valence-corrected chi connectivity index (χ3v) is 5.63. The molecule has 0 saturated heterocycles. The number of thiazole rings is 1. The van der Waals surface area contributed by atoms with Crippen LogP contribution in [0, 0.1) is 0 Å². The Morgan fingerprint density at radius 2 is 1.90 bits per heavy atom. The largest absolute Gasteiger partial charge is 0.490 e. The van der Waals surface area contributed by atoms with Crippen LogP contribution in [0.3, 0.4) is 0 Å². The first kappa shape index (κ1) is 20.1. The van der Waals surface area contributed by atoms with Crippen LogP contribution in [0.25, 0.3) is 16.2 Å². The smallest absolute Gasteiger partial charge is 0.259 e. The van der Waals surface area contributed by atoms with Gasteiger partial charge in [-0.2, -0.15) is 0 Å². The SMILES string of the molecule is C=CCOc1ccc(C[NH+](C)Cc2cc(=O)n3c(-c4ccccc4)csc3n2)cc1. The first-order chi connectivity index (χ1) is 14.6. The van der Waals surface area contributed by atoms with Crippen molar-refractivity contribution in [1.29, 1.82) is 0 Å². The third kappa shape index (κ3) is 4.50. The van der Waals surface area contributed by atoms with Gasteiger partial charge in [0.15, 0.2) is 4.96 Å². The van der Waals surface area contributed by atoms with Crippen LogP contribution in [0.1, 0.15) is 11.3 Å². The van der Waals surface area contributed by atoms with Crippen LogP contribution in [-0.2, 0) is 13.1 Å². The minimum Gasteiger partial charge on any atom is -0.490 e. The van der Waals surface area contributed by atoms with Crippen LogP contribution in [0.4, 0.5) is 0 Å². The summed E-state index contributed by atoms with van der Waals surface area (Å²) in [5, 5.41) is 2.00. The van der Waals surface area contributed by atoms with E-state index < -0.39 is 0 Å². The van der Waals surface area contributed by atoms with Gasteiger partial charge >= 0.3 is 0 Å². The highest BCUT2D eigenvalue weighted by molar-refractivity contribution is 7.15. The van der Waals surface area contributed by atoms with E-state index in [2.05, 4.69) is 25.8 Å². The van der Waals surface area contributed by atoms with E-state index in [1.807, 2.05) is 47.8 Å². The molecule has 5 nitrogen and oxygen atoms in total. The topological polar surface area (TPSA) is 48.0 Å². The number of aromatic nitrogens is 2. The number of hydrogen-bond acceptors (Lipinski definition) is 4. The molecule has 152 valence electrons. The quantitative estimate of drug-likeness (QED) is 0.447. The van der Waals surface area contributed by atoms with E-state index in [0.717, 1.165) is 34.2 Å². The van der Waals surface area contributed by atoms with Gasteiger partial charge in [-0.25, -0.2) is 4.98 Å². The zero-order valence-electron chi connectivity index (χ0n) is 16.9. The van der Waals surface area contributed by atoms with Crippen LogP contribution in [0.2, 0.25) is 0 Å². The van der Waals surface area contributed by atoms with Crippen molar-refractivity contribution in [1.82, 2.24) is 9.38 Å². The Morgan fingerprint density at radius 3 is 2.63 bits per heavy atom. The maximum Gasteiger partial charge on any atom is 0.259 e. The van der Waals surface area contributed by atoms with Gasteiger partial charge in [0.25, 0.3) is 5.56 Å². The number of benzene rings is 2. The van der Waals surface area contributed by atoms with Gasteiger partial charge in [0.2, 0.25) is 0 Å². The van der Waals surface area contributed by atoms with Gasteiger partial charge in [-0.15, -0.1) is 11.3 Å². The molecule has 0 bridgehead atoms. The number of rotatable bonds is 8. The summed E-state index contributed by atoms with van der Waals surface area (Å²) in [7, 11) is 2.11. The summed E-state index contributed by atoms with van der Waals surface area (Å²) in [5.41, 5.74) is 3.89. The number of nitrogens with zero attached hydrogens (tertiary/aromatic N) is 2. The lowest BCUT2D eigenvalue weighted by Gasteiger charge is -2.14. The predicted octanol–water partition coefficient (Wildman–Crippen LogP) is 3.20. The fraction of sp³-hybridized carbons (Fsp3) is 0.167. The molecule has 4 rings (SSSR count). The molecule has 0 amide bonds. The van der Waals surface area contributed by atoms with Gasteiger partial charge in [0.1, 0.15) is 31.1 Å². The normalized spacial score (nSPS) is 12.0. The first-order valence-corrected chi connectivity index (χ1v) is 10.7. The fourth-order valence-electron chi connectivity index (χ4n) is 3.44. The molecule has 30 heavy (non-hydrogen) atoms. The minimum atomic E-state index is -0.0355. The van der Waals surface area contributed by atoms with E-state index >= 15 is 0 Å². The van der Waals surface area contributed by atoms with Crippen molar-refractivity contribution in [3.63, 3.8) is 0 Å². The van der Waals surface area contributed by atoms with Gasteiger partial charge in [0, 0.05) is 17.0 Å². The number of nitrogens with one attached hydrogen (secondary N) is 1. The second-order valence-corrected chi connectivity index (χ2v) is 8.08. The Morgan fingerprint density at radius 1 is 1.13 bits per heavy atom. The highest BCUT2D eigenvalue weighted by Crippen LogP contribution is 2.23. The lowest BCUT2D eigenvalue weighted by molar-refractivity contribution is -0.908. The molecule has 1 unspecified atom stereocenters. The van der Waals surface area contributed by atoms with Gasteiger partial charge in [-0.1, -0.05) is 43.0 Å². The molecule has 2 heterocycles. The van der Waals surface area contributed by atoms with Crippen LogP contribution in [-0.4, -0.2) is 23.0 Å². The van der Waals surface area contributed by atoms with E-state index in [-0.39, 0.29) is 5.56 Å². The summed E-state index contributed by atoms with van der Waals surface area (Å²) < 4.78 is 7.22. The fourth-order valence-corrected chi connectivity index (χ4v) is 4.37. The van der Waals surface area contributed by atoms with E-state index in [1.165, 1.54) is 21.8 Å². The van der Waals surface area contributed by atoms with Gasteiger partial charge in [-0.3, -0.25) is 9.20 Å². The number of ether oxygens (including phenoxy) is 1. The Balaban J connectivity index is 1.49. The average Bonchev–Trinajstić information content (AvgIpc) is 3.18. The molecule has 0 aliphatic heterocycles. The van der Waals surface area contributed by atoms with Crippen molar-refractivity contribution < 1.29 is 9.64 Å². The second kappa shape index (κ2) is 9.07. The third-order valence-electron chi connectivity index (χ3n) is 4.81. The molecular formula is C24H24N3O2S+. The average molecular weight is 419 g/mol. The summed E-state index contributed by atoms with van der Waals surface area (Å²) in [4.78, 5) is 19.5. The maximum atomic E-state index is 12.8. The van der Waals surface area contributed by atoms with E-state index in [4.69, 9.17) is 9.72 Å². The van der Waals surface area contributed by atoms with Crippen molar-refractivity contribution in [2.75, 3.05) is 13.7 Å². The molecule has 0 spiro atoms. The van der Waals surface area contributed by atoms with E-state index in [9.17, 15) is 4.79 Å². The number of fused-ring (bicyclic) bond motifs is 1. The van der Waals surface area contributed by atoms with Crippen molar-refractivity contribution in [3.05, 3.63) is 100 Å². The Hall–Kier alpha value is -3.22. The second-order valence-electron chi connectivity index (χ2n) is 7.24. The molecule has 2 aromatic carbocycles. The highest BCUT2D eigenvalue weighted by Gasteiger charge is 2.13. The van der Waals surface area contributed by atoms with Gasteiger partial charge < -0.3 is 9.64 Å². The van der Waals surface area contributed by atoms with Gasteiger partial charge in [-0.05, 0) is 29.8 Å². The minimum absolute atomic E-state index is 0.0355. The lowest BCUT2D eigenvalue weighted by Crippen LogP contribution is -3.06. The van der Waals surface area contributed by atoms with Crippen molar-refractivity contribution in [2.24, 2.45) is 0 Å². The first-order valence-electron chi connectivity index (χ1n) is 9.83. The number of quaternary nitrogens is 1. The monoisotopic (exact) mass is 418 g/mol. The summed E-state index contributed by atoms with van der Waals surface area (Å²) in [6, 6.07) is 19.7. The summed E-state index contributed by atoms with van der Waals surface area (Å²) in [6.07, 6.45) is 1.73. The molecular weight excluding hydrogens is 394 g/mol. The standard InChI is InChI=1S/C24H23N3O2S/c1-3-13-29-21-11-9-18(10-12-21)15-26(2)16-20-14-23(28)27-22(17-30-24(27)25-20)19-7-5-4-6-8-19/h3-12,14,17H,1,13,15-16H2,2H3/p+1. The highest BCUT2D eigenvalue weighted by atomic mass is 32.1. The molecule has 0 aliphatic rings. The Kier molecular flexibility index (Phi) is 6.07. The Bertz CT molecular complexity index is 1200. The molecule has 0 aliphatic carbocycles. The zero-order chi connectivity index (χ0) is 20.9. The zero-order valence-corrected chi connectivity index (χ0v) is 17.7. The lowest BCUT2D eigenvalue weighted by atomic mass is 10.2. The molecule has 6 heteroatoms. The van der Waals surface area contributed by atoms with Crippen molar-refractivity contribution in [2.45, 2.75) is 13.1 Å². The molecule has 1 atom stereocenters. The molecule has 4 aromatic rings. The molecule has 0 fully saturated rings. The molecule has 2 aromatic heterocycles. The summed E-state index contributed by atoms with van der Waals surface area (Å²) >= 11 is 1.50. The number of hydrogen-bond donors (Lipinski definition) is 1. The van der Waals surface area contributed by atoms with E-state index in [1.54, 1.807) is 16.5 Å². The van der Waals surface area contributed by atoms with Crippen LogP contribution in [0.15, 0.2) is 83.5 Å². The molecule has 0 radical (unpaired) electrons. The predicted molar refractivity (Wildman–Crippen MR) is 121 cm³/mol. The summed E-state index contributed by atoms with van der Waals surface area (Å²) in [6.45, 7) is 5.68. The van der Waals surface area contributed by atoms with Gasteiger partial charge in [0.05, 0.1) is 12.7 Å². The molecule has 0 saturated carbocycles. The van der Waals surface area contributed by atoms with Crippen molar-refractivity contribution in [3.8, 4) is 17.0 Å². The summed E-state index contributed by atoms with van der Waals surface area (Å²) in [5.74, 6) is 0.836. The Labute approximate surface area is 179 Å². The van der Waals surface area contributed by atoms with Crippen LogP contribution in [0.5, 0.6) is 5.75 Å². The van der Waals surface area contributed by atoms with Crippen LogP contribution < -0.4 is 15.2 Å². The van der Waals surface area contributed by atoms with Crippen LogP contribution >= 0.6 is 11.3 Å².